The van der Waals surface area contributed by atoms with E-state index in [1.807, 2.05) is 11.3 Å². The molecule has 0 spiro atoms. The number of rotatable bonds is 8. The van der Waals surface area contributed by atoms with E-state index in [0.717, 1.165) is 38.6 Å². The third-order valence-electron chi connectivity index (χ3n) is 2.36. The first-order valence-corrected chi connectivity index (χ1v) is 6.84. The monoisotopic (exact) mass is 241 g/mol. The van der Waals surface area contributed by atoms with Crippen LogP contribution in [0, 0.1) is 12.8 Å². The second-order valence-electron chi connectivity index (χ2n) is 4.48. The van der Waals surface area contributed by atoms with Crippen molar-refractivity contribution in [3.63, 3.8) is 0 Å². The molecule has 0 fully saturated rings. The molecular formula is C13H23NOS. The van der Waals surface area contributed by atoms with E-state index in [4.69, 9.17) is 4.74 Å². The molecule has 0 aliphatic rings. The van der Waals surface area contributed by atoms with Gasteiger partial charge < -0.3 is 10.1 Å². The van der Waals surface area contributed by atoms with Crippen LogP contribution in [0.5, 0.6) is 0 Å². The molecule has 0 aromatic carbocycles. The van der Waals surface area contributed by atoms with Gasteiger partial charge in [-0.05, 0) is 31.4 Å². The summed E-state index contributed by atoms with van der Waals surface area (Å²) in [5.74, 6) is 0.738. The second-order valence-corrected chi connectivity index (χ2v) is 5.86. The zero-order chi connectivity index (χ0) is 11.8. The van der Waals surface area contributed by atoms with Crippen LogP contribution in [0.25, 0.3) is 0 Å². The standard InChI is InChI=1S/C13H23NOS/c1-11(2)6-8-15-9-7-14-10-13-5-4-12(3)16-13/h4-5,11,14H,6-10H2,1-3H3. The SMILES string of the molecule is Cc1ccc(CNCCOCCC(C)C)s1. The van der Waals surface area contributed by atoms with Gasteiger partial charge in [0.15, 0.2) is 0 Å². The lowest BCUT2D eigenvalue weighted by atomic mass is 10.1. The van der Waals surface area contributed by atoms with Crippen LogP contribution in [-0.2, 0) is 11.3 Å². The molecule has 0 bridgehead atoms. The number of thiophene rings is 1. The van der Waals surface area contributed by atoms with Crippen molar-refractivity contribution in [3.05, 3.63) is 21.9 Å². The molecular weight excluding hydrogens is 218 g/mol. The molecule has 0 saturated heterocycles. The van der Waals surface area contributed by atoms with Gasteiger partial charge in [0.2, 0.25) is 0 Å². The predicted molar refractivity (Wildman–Crippen MR) is 71.0 cm³/mol. The van der Waals surface area contributed by atoms with E-state index in [1.165, 1.54) is 9.75 Å². The molecule has 92 valence electrons. The molecule has 0 amide bonds. The first-order chi connectivity index (χ1) is 7.68. The fourth-order valence-electron chi connectivity index (χ4n) is 1.36. The van der Waals surface area contributed by atoms with E-state index in [2.05, 4.69) is 38.2 Å². The van der Waals surface area contributed by atoms with E-state index in [-0.39, 0.29) is 0 Å². The highest BCUT2D eigenvalue weighted by atomic mass is 32.1. The van der Waals surface area contributed by atoms with E-state index in [1.54, 1.807) is 0 Å². The summed E-state index contributed by atoms with van der Waals surface area (Å²) in [7, 11) is 0. The maximum atomic E-state index is 5.53. The van der Waals surface area contributed by atoms with Gasteiger partial charge in [0.1, 0.15) is 0 Å². The van der Waals surface area contributed by atoms with Gasteiger partial charge in [-0.3, -0.25) is 0 Å². The van der Waals surface area contributed by atoms with Gasteiger partial charge in [0.05, 0.1) is 6.61 Å². The van der Waals surface area contributed by atoms with E-state index >= 15 is 0 Å². The molecule has 0 aliphatic carbocycles. The Kier molecular flexibility index (Phi) is 6.69. The molecule has 3 heteroatoms. The molecule has 0 radical (unpaired) electrons. The van der Waals surface area contributed by atoms with Crippen molar-refractivity contribution in [2.45, 2.75) is 33.7 Å². The van der Waals surface area contributed by atoms with Crippen molar-refractivity contribution in [2.24, 2.45) is 5.92 Å². The zero-order valence-electron chi connectivity index (χ0n) is 10.6. The topological polar surface area (TPSA) is 21.3 Å². The third-order valence-corrected chi connectivity index (χ3v) is 3.36. The van der Waals surface area contributed by atoms with Crippen molar-refractivity contribution in [3.8, 4) is 0 Å². The maximum Gasteiger partial charge on any atom is 0.0591 e. The van der Waals surface area contributed by atoms with Crippen LogP contribution in [0.15, 0.2) is 12.1 Å². The molecule has 0 atom stereocenters. The number of ether oxygens (including phenoxy) is 1. The molecule has 1 rings (SSSR count). The Labute approximate surface area is 103 Å². The van der Waals surface area contributed by atoms with Crippen LogP contribution >= 0.6 is 11.3 Å². The molecule has 1 N–H and O–H groups in total. The third kappa shape index (κ3) is 6.26. The predicted octanol–water partition coefficient (Wildman–Crippen LogP) is 3.21. The van der Waals surface area contributed by atoms with Crippen molar-refractivity contribution < 1.29 is 4.74 Å². The summed E-state index contributed by atoms with van der Waals surface area (Å²) < 4.78 is 5.53. The molecule has 0 aliphatic heterocycles. The smallest absolute Gasteiger partial charge is 0.0591 e. The number of aryl methyl sites for hydroxylation is 1. The fourth-order valence-corrected chi connectivity index (χ4v) is 2.22. The molecule has 2 nitrogen and oxygen atoms in total. The van der Waals surface area contributed by atoms with Gasteiger partial charge in [-0.1, -0.05) is 13.8 Å². The first kappa shape index (κ1) is 13.7. The summed E-state index contributed by atoms with van der Waals surface area (Å²) in [5.41, 5.74) is 0. The van der Waals surface area contributed by atoms with Gasteiger partial charge in [0.25, 0.3) is 0 Å². The van der Waals surface area contributed by atoms with Gasteiger partial charge in [-0.2, -0.15) is 0 Å². The molecule has 0 unspecified atom stereocenters. The van der Waals surface area contributed by atoms with Gasteiger partial charge in [-0.15, -0.1) is 11.3 Å². The van der Waals surface area contributed by atoms with Gasteiger partial charge >= 0.3 is 0 Å². The average molecular weight is 241 g/mol. The molecule has 1 aromatic rings. The Hall–Kier alpha value is -0.380. The summed E-state index contributed by atoms with van der Waals surface area (Å²) in [6, 6.07) is 4.35. The van der Waals surface area contributed by atoms with Gasteiger partial charge in [-0.25, -0.2) is 0 Å². The van der Waals surface area contributed by atoms with Crippen LogP contribution in [0.1, 0.15) is 30.0 Å². The minimum Gasteiger partial charge on any atom is -0.380 e. The Morgan fingerprint density at radius 1 is 1.31 bits per heavy atom. The van der Waals surface area contributed by atoms with E-state index < -0.39 is 0 Å². The molecule has 1 aromatic heterocycles. The van der Waals surface area contributed by atoms with E-state index in [0.29, 0.717) is 0 Å². The van der Waals surface area contributed by atoms with E-state index in [9.17, 15) is 0 Å². The Morgan fingerprint density at radius 2 is 2.12 bits per heavy atom. The lowest BCUT2D eigenvalue weighted by Crippen LogP contribution is -2.19. The average Bonchev–Trinajstić information content (AvgIpc) is 2.62. The number of nitrogens with one attached hydrogen (secondary N) is 1. The van der Waals surface area contributed by atoms with Crippen molar-refractivity contribution in [1.82, 2.24) is 5.32 Å². The van der Waals surface area contributed by atoms with Crippen molar-refractivity contribution in [1.29, 1.82) is 0 Å². The Balaban J connectivity index is 1.92. The van der Waals surface area contributed by atoms with Crippen LogP contribution in [0.3, 0.4) is 0 Å². The summed E-state index contributed by atoms with van der Waals surface area (Å²) in [6.07, 6.45) is 1.16. The molecule has 1 heterocycles. The minimum atomic E-state index is 0.738. The van der Waals surface area contributed by atoms with Gasteiger partial charge in [0, 0.05) is 29.5 Å². The first-order valence-electron chi connectivity index (χ1n) is 6.02. The summed E-state index contributed by atoms with van der Waals surface area (Å²) in [6.45, 7) is 10.2. The van der Waals surface area contributed by atoms with Crippen LogP contribution in [0.4, 0.5) is 0 Å². The summed E-state index contributed by atoms with van der Waals surface area (Å²) in [4.78, 5) is 2.78. The number of hydrogen-bond acceptors (Lipinski definition) is 3. The van der Waals surface area contributed by atoms with Crippen LogP contribution in [0.2, 0.25) is 0 Å². The summed E-state index contributed by atoms with van der Waals surface area (Å²) >= 11 is 1.86. The Bertz CT molecular complexity index is 283. The lowest BCUT2D eigenvalue weighted by Gasteiger charge is -2.06. The highest BCUT2D eigenvalue weighted by Gasteiger charge is 1.96. The van der Waals surface area contributed by atoms with Crippen molar-refractivity contribution in [2.75, 3.05) is 19.8 Å². The van der Waals surface area contributed by atoms with Crippen LogP contribution < -0.4 is 5.32 Å². The highest BCUT2D eigenvalue weighted by molar-refractivity contribution is 7.11. The molecule has 0 saturated carbocycles. The normalized spacial score (nSPS) is 11.2. The molecule has 16 heavy (non-hydrogen) atoms. The largest absolute Gasteiger partial charge is 0.380 e. The van der Waals surface area contributed by atoms with Crippen LogP contribution in [-0.4, -0.2) is 19.8 Å². The minimum absolute atomic E-state index is 0.738. The Morgan fingerprint density at radius 3 is 2.75 bits per heavy atom. The quantitative estimate of drug-likeness (QED) is 0.706. The lowest BCUT2D eigenvalue weighted by molar-refractivity contribution is 0.125. The van der Waals surface area contributed by atoms with Crippen molar-refractivity contribution >= 4 is 11.3 Å². The zero-order valence-corrected chi connectivity index (χ0v) is 11.4. The maximum absolute atomic E-state index is 5.53. The highest BCUT2D eigenvalue weighted by Crippen LogP contribution is 2.14. The summed E-state index contributed by atoms with van der Waals surface area (Å²) in [5, 5.41) is 3.39. The number of hydrogen-bond donors (Lipinski definition) is 1. The second kappa shape index (κ2) is 7.82. The fraction of sp³-hybridized carbons (Fsp3) is 0.692.